The van der Waals surface area contributed by atoms with Crippen molar-refractivity contribution in [3.8, 4) is 6.07 Å². The van der Waals surface area contributed by atoms with E-state index in [-0.39, 0.29) is 6.10 Å². The molecule has 0 bridgehead atoms. The Morgan fingerprint density at radius 3 is 2.50 bits per heavy atom. The molecule has 0 radical (unpaired) electrons. The molecular formula is C10H19N3O. The zero-order valence-electron chi connectivity index (χ0n) is 9.21. The Labute approximate surface area is 85.8 Å². The highest BCUT2D eigenvalue weighted by atomic mass is 16.5. The number of nitrogens with one attached hydrogen (secondary N) is 1. The summed E-state index contributed by atoms with van der Waals surface area (Å²) in [6.07, 6.45) is -0.0643. The molecule has 1 heterocycles. The second kappa shape index (κ2) is 4.74. The van der Waals surface area contributed by atoms with Crippen LogP contribution in [-0.4, -0.2) is 49.8 Å². The number of nitrogens with zero attached hydrogens (tertiary/aromatic N) is 2. The Morgan fingerprint density at radius 1 is 1.50 bits per heavy atom. The molecule has 0 aromatic rings. The van der Waals surface area contributed by atoms with E-state index in [0.717, 1.165) is 26.2 Å². The van der Waals surface area contributed by atoms with E-state index in [1.54, 1.807) is 7.11 Å². The Bertz CT molecular complexity index is 220. The third-order valence-corrected chi connectivity index (χ3v) is 3.15. The second-order valence-electron chi connectivity index (χ2n) is 3.87. The monoisotopic (exact) mass is 197 g/mol. The average molecular weight is 197 g/mol. The molecule has 0 aromatic heterocycles. The number of nitriles is 1. The van der Waals surface area contributed by atoms with Gasteiger partial charge in [0, 0.05) is 33.3 Å². The minimum Gasteiger partial charge on any atom is -0.379 e. The molecule has 0 aliphatic carbocycles. The standard InChI is InChI=1S/C10H19N3O/c1-9(14-3)10(2,8-11)13-6-4-12-5-7-13/h9,12H,4-7H2,1-3H3. The van der Waals surface area contributed by atoms with Crippen molar-refractivity contribution in [3.63, 3.8) is 0 Å². The third kappa shape index (κ3) is 2.06. The zero-order chi connectivity index (χ0) is 10.6. The van der Waals surface area contributed by atoms with Gasteiger partial charge in [-0.15, -0.1) is 0 Å². The maximum atomic E-state index is 9.25. The summed E-state index contributed by atoms with van der Waals surface area (Å²) in [5, 5.41) is 12.5. The van der Waals surface area contributed by atoms with Gasteiger partial charge in [-0.25, -0.2) is 0 Å². The first kappa shape index (κ1) is 11.4. The molecule has 4 nitrogen and oxygen atoms in total. The lowest BCUT2D eigenvalue weighted by molar-refractivity contribution is -0.00926. The van der Waals surface area contributed by atoms with Crippen molar-refractivity contribution in [2.75, 3.05) is 33.3 Å². The van der Waals surface area contributed by atoms with Gasteiger partial charge in [-0.2, -0.15) is 5.26 Å². The minimum atomic E-state index is -0.503. The zero-order valence-corrected chi connectivity index (χ0v) is 9.21. The lowest BCUT2D eigenvalue weighted by Gasteiger charge is -2.41. The third-order valence-electron chi connectivity index (χ3n) is 3.15. The molecule has 0 amide bonds. The molecule has 1 aliphatic rings. The van der Waals surface area contributed by atoms with Crippen LogP contribution in [0.25, 0.3) is 0 Å². The van der Waals surface area contributed by atoms with Crippen LogP contribution in [0.1, 0.15) is 13.8 Å². The van der Waals surface area contributed by atoms with E-state index >= 15 is 0 Å². The second-order valence-corrected chi connectivity index (χ2v) is 3.87. The normalized spacial score (nSPS) is 25.0. The fourth-order valence-electron chi connectivity index (χ4n) is 1.78. The predicted octanol–water partition coefficient (Wildman–Crippen LogP) is 0.209. The van der Waals surface area contributed by atoms with Crippen molar-refractivity contribution in [3.05, 3.63) is 0 Å². The molecule has 1 saturated heterocycles. The molecular weight excluding hydrogens is 178 g/mol. The molecule has 2 unspecified atom stereocenters. The Balaban J connectivity index is 2.72. The van der Waals surface area contributed by atoms with E-state index in [2.05, 4.69) is 16.3 Å². The van der Waals surface area contributed by atoms with Crippen LogP contribution < -0.4 is 5.32 Å². The number of methoxy groups -OCH3 is 1. The molecule has 1 fully saturated rings. The number of hydrogen-bond donors (Lipinski definition) is 1. The highest BCUT2D eigenvalue weighted by molar-refractivity contribution is 5.10. The van der Waals surface area contributed by atoms with Gasteiger partial charge in [0.05, 0.1) is 12.2 Å². The van der Waals surface area contributed by atoms with Gasteiger partial charge in [0.25, 0.3) is 0 Å². The van der Waals surface area contributed by atoms with Gasteiger partial charge < -0.3 is 10.1 Å². The Kier molecular flexibility index (Phi) is 3.87. The van der Waals surface area contributed by atoms with E-state index in [9.17, 15) is 5.26 Å². The quantitative estimate of drug-likeness (QED) is 0.702. The molecule has 1 N–H and O–H groups in total. The minimum absolute atomic E-state index is 0.0643. The van der Waals surface area contributed by atoms with Gasteiger partial charge in [0.1, 0.15) is 5.54 Å². The highest BCUT2D eigenvalue weighted by Gasteiger charge is 2.38. The first-order valence-electron chi connectivity index (χ1n) is 5.05. The largest absolute Gasteiger partial charge is 0.379 e. The summed E-state index contributed by atoms with van der Waals surface area (Å²) < 4.78 is 5.27. The van der Waals surface area contributed by atoms with Crippen LogP contribution in [0.4, 0.5) is 0 Å². The van der Waals surface area contributed by atoms with Gasteiger partial charge in [0.15, 0.2) is 0 Å². The van der Waals surface area contributed by atoms with E-state index in [0.29, 0.717) is 0 Å². The summed E-state index contributed by atoms with van der Waals surface area (Å²) in [7, 11) is 1.66. The van der Waals surface area contributed by atoms with E-state index in [4.69, 9.17) is 4.74 Å². The average Bonchev–Trinajstić information content (AvgIpc) is 2.28. The van der Waals surface area contributed by atoms with Gasteiger partial charge in [0.2, 0.25) is 0 Å². The van der Waals surface area contributed by atoms with Gasteiger partial charge in [-0.1, -0.05) is 0 Å². The van der Waals surface area contributed by atoms with Crippen molar-refractivity contribution in [1.29, 1.82) is 5.26 Å². The van der Waals surface area contributed by atoms with Gasteiger partial charge >= 0.3 is 0 Å². The van der Waals surface area contributed by atoms with Crippen LogP contribution in [0.15, 0.2) is 0 Å². The molecule has 80 valence electrons. The summed E-state index contributed by atoms with van der Waals surface area (Å²) >= 11 is 0. The summed E-state index contributed by atoms with van der Waals surface area (Å²) in [6.45, 7) is 7.63. The molecule has 4 heteroatoms. The topological polar surface area (TPSA) is 48.3 Å². The first-order chi connectivity index (χ1) is 6.65. The maximum absolute atomic E-state index is 9.25. The lowest BCUT2D eigenvalue weighted by Crippen LogP contribution is -2.59. The van der Waals surface area contributed by atoms with Gasteiger partial charge in [-0.05, 0) is 13.8 Å². The van der Waals surface area contributed by atoms with E-state index in [1.807, 2.05) is 13.8 Å². The molecule has 1 rings (SSSR count). The van der Waals surface area contributed by atoms with Crippen LogP contribution in [0.5, 0.6) is 0 Å². The molecule has 0 spiro atoms. The van der Waals surface area contributed by atoms with Crippen molar-refractivity contribution in [1.82, 2.24) is 10.2 Å². The van der Waals surface area contributed by atoms with Crippen LogP contribution in [-0.2, 0) is 4.74 Å². The van der Waals surface area contributed by atoms with E-state index in [1.165, 1.54) is 0 Å². The first-order valence-corrected chi connectivity index (χ1v) is 5.05. The number of ether oxygens (including phenoxy) is 1. The number of rotatable bonds is 3. The molecule has 2 atom stereocenters. The van der Waals surface area contributed by atoms with Crippen molar-refractivity contribution >= 4 is 0 Å². The lowest BCUT2D eigenvalue weighted by atomic mass is 9.94. The fraction of sp³-hybridized carbons (Fsp3) is 0.900. The van der Waals surface area contributed by atoms with Crippen molar-refractivity contribution < 1.29 is 4.74 Å². The number of piperazine rings is 1. The summed E-state index contributed by atoms with van der Waals surface area (Å²) in [5.74, 6) is 0. The summed E-state index contributed by atoms with van der Waals surface area (Å²) in [5.41, 5.74) is -0.503. The van der Waals surface area contributed by atoms with Crippen LogP contribution in [0.2, 0.25) is 0 Å². The predicted molar refractivity (Wildman–Crippen MR) is 54.9 cm³/mol. The highest BCUT2D eigenvalue weighted by Crippen LogP contribution is 2.21. The van der Waals surface area contributed by atoms with Crippen molar-refractivity contribution in [2.45, 2.75) is 25.5 Å². The van der Waals surface area contributed by atoms with Crippen LogP contribution in [0, 0.1) is 11.3 Å². The number of hydrogen-bond acceptors (Lipinski definition) is 4. The summed E-state index contributed by atoms with van der Waals surface area (Å²) in [6, 6.07) is 2.37. The summed E-state index contributed by atoms with van der Waals surface area (Å²) in [4.78, 5) is 2.19. The van der Waals surface area contributed by atoms with Gasteiger partial charge in [-0.3, -0.25) is 4.90 Å². The Morgan fingerprint density at radius 2 is 2.07 bits per heavy atom. The Hall–Kier alpha value is -0.630. The fourth-order valence-corrected chi connectivity index (χ4v) is 1.78. The molecule has 0 aromatic carbocycles. The van der Waals surface area contributed by atoms with Crippen LogP contribution in [0.3, 0.4) is 0 Å². The SMILES string of the molecule is COC(C)C(C)(C#N)N1CCNCC1. The molecule has 0 saturated carbocycles. The van der Waals surface area contributed by atoms with Crippen LogP contribution >= 0.6 is 0 Å². The van der Waals surface area contributed by atoms with E-state index < -0.39 is 5.54 Å². The smallest absolute Gasteiger partial charge is 0.132 e. The molecule has 14 heavy (non-hydrogen) atoms. The van der Waals surface area contributed by atoms with Crippen molar-refractivity contribution in [2.24, 2.45) is 0 Å². The maximum Gasteiger partial charge on any atom is 0.132 e. The molecule has 1 aliphatic heterocycles.